The predicted molar refractivity (Wildman–Crippen MR) is 273 cm³/mol. The molecule has 0 aliphatic heterocycles. The van der Waals surface area contributed by atoms with E-state index in [9.17, 15) is 0 Å². The molecule has 1 heteroatoms. The summed E-state index contributed by atoms with van der Waals surface area (Å²) >= 11 is 0. The molecule has 0 fully saturated rings. The van der Waals surface area contributed by atoms with Crippen LogP contribution in [0.1, 0.15) is 47.2 Å². The molecule has 1 atom stereocenters. The van der Waals surface area contributed by atoms with Crippen molar-refractivity contribution in [3.8, 4) is 44.5 Å². The van der Waals surface area contributed by atoms with Crippen LogP contribution in [0.25, 0.3) is 76.8 Å². The molecule has 0 saturated heterocycles. The lowest BCUT2D eigenvalue weighted by atomic mass is 9.55. The van der Waals surface area contributed by atoms with Gasteiger partial charge < -0.3 is 4.90 Å². The second kappa shape index (κ2) is 13.3. The Bertz CT molecular complexity index is 3790. The molecule has 11 aromatic carbocycles. The van der Waals surface area contributed by atoms with Gasteiger partial charge in [-0.05, 0) is 141 Å². The number of hydrogen-bond acceptors (Lipinski definition) is 1. The lowest BCUT2D eigenvalue weighted by molar-refractivity contribution is 0.660. The first-order chi connectivity index (χ1) is 32.0. The van der Waals surface area contributed by atoms with Crippen LogP contribution < -0.4 is 4.90 Å². The third-order valence-electron chi connectivity index (χ3n) is 15.2. The molecule has 3 aliphatic carbocycles. The fraction of sp³-hybridized carbons (Fsp3) is 0.0625. The largest absolute Gasteiger partial charge is 0.310 e. The molecule has 0 bridgehead atoms. The molecule has 1 unspecified atom stereocenters. The van der Waals surface area contributed by atoms with Gasteiger partial charge >= 0.3 is 0 Å². The maximum Gasteiger partial charge on any atom is 0.0726 e. The van der Waals surface area contributed by atoms with Gasteiger partial charge in [0.05, 0.1) is 11.1 Å². The SMILES string of the molecule is CC1(C)c2ccccc2-c2ccc(N(c3ccc4c(c3)C3(c5cc(-c6ccccc6)ccc5-c5cccc6cccc3c56)c3cccc5cccc-4c35)c3cccc4ccccc34)cc21. The molecule has 0 aromatic heterocycles. The lowest BCUT2D eigenvalue weighted by Crippen LogP contribution is -2.36. The topological polar surface area (TPSA) is 3.24 Å². The first-order valence-corrected chi connectivity index (χ1v) is 22.9. The smallest absolute Gasteiger partial charge is 0.0726 e. The van der Waals surface area contributed by atoms with E-state index >= 15 is 0 Å². The fourth-order valence-corrected chi connectivity index (χ4v) is 12.4. The van der Waals surface area contributed by atoms with Gasteiger partial charge in [0.25, 0.3) is 0 Å². The van der Waals surface area contributed by atoms with E-state index in [1.165, 1.54) is 110 Å². The Kier molecular flexibility index (Phi) is 7.45. The minimum atomic E-state index is -0.654. The maximum atomic E-state index is 2.56. The Morgan fingerprint density at radius 1 is 0.308 bits per heavy atom. The van der Waals surface area contributed by atoms with Crippen molar-refractivity contribution in [2.45, 2.75) is 24.7 Å². The van der Waals surface area contributed by atoms with Crippen LogP contribution >= 0.6 is 0 Å². The summed E-state index contributed by atoms with van der Waals surface area (Å²) in [5, 5.41) is 7.62. The molecule has 0 radical (unpaired) electrons. The molecule has 0 amide bonds. The molecule has 11 aromatic rings. The zero-order valence-corrected chi connectivity index (χ0v) is 36.3. The molecule has 0 N–H and O–H groups in total. The highest BCUT2D eigenvalue weighted by molar-refractivity contribution is 6.11. The number of nitrogens with zero attached hydrogens (tertiary/aromatic N) is 1. The van der Waals surface area contributed by atoms with Crippen LogP contribution in [0.15, 0.2) is 224 Å². The third kappa shape index (κ3) is 4.88. The van der Waals surface area contributed by atoms with Crippen LogP contribution in [0.5, 0.6) is 0 Å². The van der Waals surface area contributed by atoms with Crippen molar-refractivity contribution in [1.82, 2.24) is 0 Å². The Balaban J connectivity index is 1.12. The van der Waals surface area contributed by atoms with Crippen LogP contribution in [-0.2, 0) is 10.8 Å². The average molecular weight is 826 g/mol. The van der Waals surface area contributed by atoms with Crippen molar-refractivity contribution in [3.63, 3.8) is 0 Å². The van der Waals surface area contributed by atoms with Crippen molar-refractivity contribution in [2.75, 3.05) is 4.90 Å². The van der Waals surface area contributed by atoms with Crippen molar-refractivity contribution >= 4 is 49.4 Å². The highest BCUT2D eigenvalue weighted by Crippen LogP contribution is 2.62. The molecule has 1 spiro atoms. The second-order valence-corrected chi connectivity index (χ2v) is 18.8. The first-order valence-electron chi connectivity index (χ1n) is 22.9. The van der Waals surface area contributed by atoms with Crippen molar-refractivity contribution < 1.29 is 0 Å². The minimum Gasteiger partial charge on any atom is -0.310 e. The minimum absolute atomic E-state index is 0.150. The van der Waals surface area contributed by atoms with Crippen LogP contribution in [0.3, 0.4) is 0 Å². The van der Waals surface area contributed by atoms with Gasteiger partial charge in [-0.3, -0.25) is 0 Å². The summed E-state index contributed by atoms with van der Waals surface area (Å²) in [5.41, 5.74) is 20.9. The van der Waals surface area contributed by atoms with E-state index in [0.717, 1.165) is 17.1 Å². The fourth-order valence-electron chi connectivity index (χ4n) is 12.4. The molecular formula is C64H43N. The van der Waals surface area contributed by atoms with E-state index in [1.807, 2.05) is 0 Å². The van der Waals surface area contributed by atoms with Crippen molar-refractivity contribution in [2.24, 2.45) is 0 Å². The van der Waals surface area contributed by atoms with Crippen LogP contribution in [0.2, 0.25) is 0 Å². The maximum absolute atomic E-state index is 2.56. The number of hydrogen-bond donors (Lipinski definition) is 0. The summed E-state index contributed by atoms with van der Waals surface area (Å²) in [4.78, 5) is 2.54. The molecule has 3 aliphatic rings. The number of fused-ring (bicyclic) bond motifs is 12. The van der Waals surface area contributed by atoms with Gasteiger partial charge in [0.1, 0.15) is 0 Å². The zero-order valence-electron chi connectivity index (χ0n) is 36.3. The Labute approximate surface area is 379 Å². The lowest BCUT2D eigenvalue weighted by Gasteiger charge is -2.46. The quantitative estimate of drug-likeness (QED) is 0.171. The second-order valence-electron chi connectivity index (χ2n) is 18.8. The normalized spacial score (nSPS) is 15.7. The van der Waals surface area contributed by atoms with E-state index in [4.69, 9.17) is 0 Å². The zero-order chi connectivity index (χ0) is 43.0. The first kappa shape index (κ1) is 36.5. The van der Waals surface area contributed by atoms with E-state index in [2.05, 4.69) is 243 Å². The average Bonchev–Trinajstić information content (AvgIpc) is 3.59. The van der Waals surface area contributed by atoms with E-state index < -0.39 is 5.41 Å². The number of rotatable bonds is 4. The van der Waals surface area contributed by atoms with E-state index in [0.29, 0.717) is 0 Å². The van der Waals surface area contributed by atoms with Gasteiger partial charge in [-0.1, -0.05) is 202 Å². The van der Waals surface area contributed by atoms with Crippen molar-refractivity contribution in [3.05, 3.63) is 258 Å². The van der Waals surface area contributed by atoms with Gasteiger partial charge in [0, 0.05) is 22.2 Å². The highest BCUT2D eigenvalue weighted by atomic mass is 15.1. The molecule has 0 heterocycles. The highest BCUT2D eigenvalue weighted by Gasteiger charge is 2.49. The van der Waals surface area contributed by atoms with Crippen LogP contribution in [-0.4, -0.2) is 0 Å². The molecule has 304 valence electrons. The number of anilines is 3. The molecule has 14 rings (SSSR count). The van der Waals surface area contributed by atoms with Gasteiger partial charge in [-0.25, -0.2) is 0 Å². The summed E-state index contributed by atoms with van der Waals surface area (Å²) in [6.45, 7) is 4.76. The monoisotopic (exact) mass is 825 g/mol. The summed E-state index contributed by atoms with van der Waals surface area (Å²) in [6.07, 6.45) is 0. The van der Waals surface area contributed by atoms with Gasteiger partial charge in [0.15, 0.2) is 0 Å². The van der Waals surface area contributed by atoms with E-state index in [1.54, 1.807) is 0 Å². The van der Waals surface area contributed by atoms with Crippen molar-refractivity contribution in [1.29, 1.82) is 0 Å². The van der Waals surface area contributed by atoms with Gasteiger partial charge in [0.2, 0.25) is 0 Å². The predicted octanol–water partition coefficient (Wildman–Crippen LogP) is 16.9. The Morgan fingerprint density at radius 3 is 1.49 bits per heavy atom. The number of benzene rings is 11. The summed E-state index contributed by atoms with van der Waals surface area (Å²) < 4.78 is 0. The molecule has 0 saturated carbocycles. The Morgan fingerprint density at radius 2 is 0.785 bits per heavy atom. The standard InChI is InChI=1S/C64H43N/c1-63(2)54-27-9-8-24-48(54)49-35-32-45(38-57(49)63)65(60-30-14-18-41-17-6-7-23-47(41)60)46-33-36-51-53-26-11-20-43-22-13-29-56(62(43)53)64(59(51)39-46)55-28-12-21-42-19-10-25-52(61(42)55)50-34-31-44(37-58(50)64)40-15-4-3-5-16-40/h3-39H,1-2H3. The van der Waals surface area contributed by atoms with Crippen LogP contribution in [0, 0.1) is 0 Å². The molecule has 65 heavy (non-hydrogen) atoms. The Hall–Kier alpha value is -8.00. The van der Waals surface area contributed by atoms with Gasteiger partial charge in [-0.15, -0.1) is 0 Å². The van der Waals surface area contributed by atoms with Crippen LogP contribution in [0.4, 0.5) is 17.1 Å². The molecule has 1 nitrogen and oxygen atoms in total. The molecular weight excluding hydrogens is 783 g/mol. The summed E-state index contributed by atoms with van der Waals surface area (Å²) in [5.74, 6) is 0. The van der Waals surface area contributed by atoms with Gasteiger partial charge in [-0.2, -0.15) is 0 Å². The summed E-state index contributed by atoms with van der Waals surface area (Å²) in [6, 6.07) is 85.0. The summed E-state index contributed by atoms with van der Waals surface area (Å²) in [7, 11) is 0. The van der Waals surface area contributed by atoms with E-state index in [-0.39, 0.29) is 5.41 Å². The third-order valence-corrected chi connectivity index (χ3v) is 15.2.